The van der Waals surface area contributed by atoms with Gasteiger partial charge < -0.3 is 10.1 Å². The molecule has 0 spiro atoms. The van der Waals surface area contributed by atoms with Gasteiger partial charge in [0, 0.05) is 10.4 Å². The second-order valence-electron chi connectivity index (χ2n) is 6.14. The van der Waals surface area contributed by atoms with Crippen LogP contribution in [-0.2, 0) is 4.79 Å². The molecule has 1 atom stereocenters. The van der Waals surface area contributed by atoms with Gasteiger partial charge in [-0.2, -0.15) is 5.10 Å². The molecule has 3 aromatic rings. The van der Waals surface area contributed by atoms with Gasteiger partial charge in [0.2, 0.25) is 5.91 Å². The van der Waals surface area contributed by atoms with E-state index in [0.717, 1.165) is 5.39 Å². The van der Waals surface area contributed by atoms with Crippen LogP contribution in [-0.4, -0.2) is 22.8 Å². The first kappa shape index (κ1) is 18.9. The van der Waals surface area contributed by atoms with E-state index in [2.05, 4.69) is 10.4 Å². The molecule has 1 N–H and O–H groups in total. The third-order valence-electron chi connectivity index (χ3n) is 4.42. The lowest BCUT2D eigenvalue weighted by molar-refractivity contribution is -0.119. The van der Waals surface area contributed by atoms with Gasteiger partial charge in [0.1, 0.15) is 11.8 Å². The Morgan fingerprint density at radius 1 is 1.26 bits per heavy atom. The van der Waals surface area contributed by atoms with Crippen molar-refractivity contribution in [2.45, 2.75) is 26.3 Å². The Morgan fingerprint density at radius 2 is 1.96 bits per heavy atom. The average molecular weight is 386 g/mol. The van der Waals surface area contributed by atoms with Crippen molar-refractivity contribution in [1.82, 2.24) is 9.78 Å². The van der Waals surface area contributed by atoms with Gasteiger partial charge in [0.15, 0.2) is 0 Å². The number of rotatable bonds is 5. The second-order valence-corrected chi connectivity index (χ2v) is 6.58. The molecule has 1 heterocycles. The van der Waals surface area contributed by atoms with Gasteiger partial charge in [-0.05, 0) is 37.6 Å². The number of hydrogen-bond acceptors (Lipinski definition) is 4. The molecule has 0 radical (unpaired) electrons. The molecule has 0 unspecified atom stereocenters. The highest BCUT2D eigenvalue weighted by molar-refractivity contribution is 6.31. The molecule has 1 aromatic heterocycles. The number of aryl methyl sites for hydroxylation is 1. The van der Waals surface area contributed by atoms with Crippen molar-refractivity contribution >= 4 is 34.0 Å². The molecule has 0 fully saturated rings. The predicted octanol–water partition coefficient (Wildman–Crippen LogP) is 3.96. The summed E-state index contributed by atoms with van der Waals surface area (Å²) in [5, 5.41) is 8.97. The first-order chi connectivity index (χ1) is 13.0. The van der Waals surface area contributed by atoms with Crippen molar-refractivity contribution in [1.29, 1.82) is 0 Å². The van der Waals surface area contributed by atoms with Gasteiger partial charge in [0.25, 0.3) is 5.56 Å². The molecule has 2 aromatic carbocycles. The van der Waals surface area contributed by atoms with Crippen LogP contribution in [0.4, 0.5) is 5.69 Å². The number of halogens is 1. The van der Waals surface area contributed by atoms with Crippen molar-refractivity contribution in [2.75, 3.05) is 12.4 Å². The summed E-state index contributed by atoms with van der Waals surface area (Å²) in [5.74, 6) is 0.125. The van der Waals surface area contributed by atoms with Gasteiger partial charge in [-0.15, -0.1) is 0 Å². The Morgan fingerprint density at radius 3 is 2.63 bits per heavy atom. The average Bonchev–Trinajstić information content (AvgIpc) is 2.66. The lowest BCUT2D eigenvalue weighted by Crippen LogP contribution is -2.35. The molecule has 27 heavy (non-hydrogen) atoms. The number of amides is 1. The fourth-order valence-corrected chi connectivity index (χ4v) is 3.22. The van der Waals surface area contributed by atoms with Gasteiger partial charge in [-0.1, -0.05) is 36.7 Å². The van der Waals surface area contributed by atoms with E-state index < -0.39 is 6.04 Å². The van der Waals surface area contributed by atoms with Gasteiger partial charge in [-0.3, -0.25) is 9.59 Å². The van der Waals surface area contributed by atoms with Crippen LogP contribution in [0.2, 0.25) is 5.02 Å². The quantitative estimate of drug-likeness (QED) is 0.721. The van der Waals surface area contributed by atoms with Crippen LogP contribution >= 0.6 is 11.6 Å². The van der Waals surface area contributed by atoms with E-state index in [4.69, 9.17) is 16.3 Å². The number of methoxy groups -OCH3 is 1. The molecular weight excluding hydrogens is 366 g/mol. The Balaban J connectivity index is 2.02. The smallest absolute Gasteiger partial charge is 0.275 e. The Kier molecular flexibility index (Phi) is 5.46. The summed E-state index contributed by atoms with van der Waals surface area (Å²) in [4.78, 5) is 25.8. The van der Waals surface area contributed by atoms with Crippen molar-refractivity contribution in [3.05, 3.63) is 63.5 Å². The number of ether oxygens (including phenoxy) is 1. The first-order valence-corrected chi connectivity index (χ1v) is 8.96. The molecular formula is C20H20ClN3O3. The standard InChI is InChI=1S/C20H20ClN3O3/c1-4-17(19(25)22-16-11-13(21)9-10-18(16)27-3)24-20(26)15-8-6-5-7-14(15)12(2)23-24/h5-11,17H,4H2,1-3H3,(H,22,25)/t17-/m1/s1. The van der Waals surface area contributed by atoms with Crippen LogP contribution in [0.1, 0.15) is 25.1 Å². The third kappa shape index (κ3) is 3.66. The minimum absolute atomic E-state index is 0.295. The van der Waals surface area contributed by atoms with Crippen LogP contribution in [0.3, 0.4) is 0 Å². The zero-order chi connectivity index (χ0) is 19.6. The van der Waals surface area contributed by atoms with E-state index >= 15 is 0 Å². The fourth-order valence-electron chi connectivity index (χ4n) is 3.04. The Bertz CT molecular complexity index is 1060. The normalized spacial score (nSPS) is 12.0. The summed E-state index contributed by atoms with van der Waals surface area (Å²) < 4.78 is 6.52. The molecule has 3 rings (SSSR count). The van der Waals surface area contributed by atoms with Crippen molar-refractivity contribution in [3.8, 4) is 5.75 Å². The Hall–Kier alpha value is -2.86. The van der Waals surface area contributed by atoms with E-state index in [1.54, 1.807) is 30.3 Å². The number of hydrogen-bond donors (Lipinski definition) is 1. The molecule has 7 heteroatoms. The fraction of sp³-hybridized carbons (Fsp3) is 0.250. The van der Waals surface area contributed by atoms with E-state index in [9.17, 15) is 9.59 Å². The maximum atomic E-state index is 12.9. The number of nitrogens with one attached hydrogen (secondary N) is 1. The molecule has 1 amide bonds. The zero-order valence-electron chi connectivity index (χ0n) is 15.3. The van der Waals surface area contributed by atoms with Crippen LogP contribution in [0.5, 0.6) is 5.75 Å². The van der Waals surface area contributed by atoms with Crippen molar-refractivity contribution in [3.63, 3.8) is 0 Å². The summed E-state index contributed by atoms with van der Waals surface area (Å²) in [6.07, 6.45) is 0.402. The van der Waals surface area contributed by atoms with Crippen molar-refractivity contribution in [2.24, 2.45) is 0 Å². The van der Waals surface area contributed by atoms with E-state index in [-0.39, 0.29) is 11.5 Å². The molecule has 0 saturated carbocycles. The molecule has 0 bridgehead atoms. The monoisotopic (exact) mass is 385 g/mol. The lowest BCUT2D eigenvalue weighted by atomic mass is 10.1. The summed E-state index contributed by atoms with van der Waals surface area (Å²) in [5.41, 5.74) is 0.840. The number of benzene rings is 2. The largest absolute Gasteiger partial charge is 0.495 e. The van der Waals surface area contributed by atoms with Crippen LogP contribution in [0.15, 0.2) is 47.3 Å². The number of nitrogens with zero attached hydrogens (tertiary/aromatic N) is 2. The highest BCUT2D eigenvalue weighted by Gasteiger charge is 2.23. The molecule has 0 saturated heterocycles. The maximum absolute atomic E-state index is 12.9. The molecule has 0 aliphatic rings. The molecule has 0 aliphatic heterocycles. The summed E-state index contributed by atoms with van der Waals surface area (Å²) in [7, 11) is 1.51. The van der Waals surface area contributed by atoms with Gasteiger partial charge in [-0.25, -0.2) is 4.68 Å². The summed E-state index contributed by atoms with van der Waals surface area (Å²) in [6, 6.07) is 11.4. The number of carbonyl (C=O) groups excluding carboxylic acids is 1. The van der Waals surface area contributed by atoms with Crippen LogP contribution in [0.25, 0.3) is 10.8 Å². The molecule has 140 valence electrons. The Labute approximate surface area is 161 Å². The number of anilines is 1. The summed E-state index contributed by atoms with van der Waals surface area (Å²) >= 11 is 6.02. The minimum Gasteiger partial charge on any atom is -0.495 e. The highest BCUT2D eigenvalue weighted by atomic mass is 35.5. The minimum atomic E-state index is -0.760. The molecule has 0 aliphatic carbocycles. The lowest BCUT2D eigenvalue weighted by Gasteiger charge is -2.19. The van der Waals surface area contributed by atoms with Crippen molar-refractivity contribution < 1.29 is 9.53 Å². The SMILES string of the molecule is CC[C@H](C(=O)Nc1cc(Cl)ccc1OC)n1nc(C)c2ccccc2c1=O. The van der Waals surface area contributed by atoms with Gasteiger partial charge >= 0.3 is 0 Å². The number of fused-ring (bicyclic) bond motifs is 1. The first-order valence-electron chi connectivity index (χ1n) is 8.58. The summed E-state index contributed by atoms with van der Waals surface area (Å²) in [6.45, 7) is 3.65. The van der Waals surface area contributed by atoms with Crippen LogP contribution < -0.4 is 15.6 Å². The topological polar surface area (TPSA) is 73.2 Å². The van der Waals surface area contributed by atoms with Crippen LogP contribution in [0, 0.1) is 6.92 Å². The van der Waals surface area contributed by atoms with E-state index in [1.807, 2.05) is 26.0 Å². The van der Waals surface area contributed by atoms with E-state index in [0.29, 0.717) is 34.0 Å². The number of aromatic nitrogens is 2. The maximum Gasteiger partial charge on any atom is 0.275 e. The van der Waals surface area contributed by atoms with E-state index in [1.165, 1.54) is 11.8 Å². The molecule has 6 nitrogen and oxygen atoms in total. The van der Waals surface area contributed by atoms with Gasteiger partial charge in [0.05, 0.1) is 23.9 Å². The zero-order valence-corrected chi connectivity index (χ0v) is 16.1. The second kappa shape index (κ2) is 7.80. The predicted molar refractivity (Wildman–Crippen MR) is 107 cm³/mol. The third-order valence-corrected chi connectivity index (χ3v) is 4.65. The highest BCUT2D eigenvalue weighted by Crippen LogP contribution is 2.28. The number of carbonyl (C=O) groups is 1.